The Balaban J connectivity index is 1.66. The van der Waals surface area contributed by atoms with E-state index in [2.05, 4.69) is 34.1 Å². The number of nitrogens with zero attached hydrogens (tertiary/aromatic N) is 2. The van der Waals surface area contributed by atoms with Gasteiger partial charge in [0.2, 0.25) is 0 Å². The van der Waals surface area contributed by atoms with Crippen molar-refractivity contribution in [2.75, 3.05) is 18.0 Å². The Hall–Kier alpha value is -2.40. The van der Waals surface area contributed by atoms with Crippen LogP contribution in [0.5, 0.6) is 5.75 Å². The second kappa shape index (κ2) is 6.72. The first-order valence-corrected chi connectivity index (χ1v) is 9.67. The number of hydrogen-bond acceptors (Lipinski definition) is 4. The van der Waals surface area contributed by atoms with E-state index < -0.39 is 5.82 Å². The highest BCUT2D eigenvalue weighted by Gasteiger charge is 2.16. The van der Waals surface area contributed by atoms with Gasteiger partial charge in [0, 0.05) is 24.3 Å². The molecule has 4 rings (SSSR count). The summed E-state index contributed by atoms with van der Waals surface area (Å²) in [4.78, 5) is 8.03. The molecule has 26 heavy (non-hydrogen) atoms. The van der Waals surface area contributed by atoms with E-state index >= 15 is 0 Å². The van der Waals surface area contributed by atoms with Gasteiger partial charge in [-0.15, -0.1) is 11.3 Å². The Morgan fingerprint density at radius 1 is 1.04 bits per heavy atom. The monoisotopic (exact) mass is 368 g/mol. The molecule has 0 atom stereocenters. The number of phenols is 1. The number of anilines is 1. The van der Waals surface area contributed by atoms with Crippen molar-refractivity contribution < 1.29 is 9.50 Å². The van der Waals surface area contributed by atoms with Gasteiger partial charge in [-0.25, -0.2) is 9.37 Å². The molecule has 0 saturated carbocycles. The molecule has 3 nitrogen and oxygen atoms in total. The Morgan fingerprint density at radius 2 is 1.73 bits per heavy atom. The fraction of sp³-hybridized carbons (Fsp3) is 0.286. The fourth-order valence-corrected chi connectivity index (χ4v) is 4.50. The van der Waals surface area contributed by atoms with Crippen LogP contribution in [-0.2, 0) is 0 Å². The van der Waals surface area contributed by atoms with E-state index in [1.165, 1.54) is 24.6 Å². The van der Waals surface area contributed by atoms with Gasteiger partial charge in [0.1, 0.15) is 5.01 Å². The van der Waals surface area contributed by atoms with Gasteiger partial charge in [-0.05, 0) is 74.2 Å². The lowest BCUT2D eigenvalue weighted by atomic mass is 10.1. The van der Waals surface area contributed by atoms with Gasteiger partial charge in [-0.3, -0.25) is 0 Å². The first-order chi connectivity index (χ1) is 12.5. The largest absolute Gasteiger partial charge is 0.505 e. The minimum Gasteiger partial charge on any atom is -0.505 e. The number of thiazole rings is 1. The molecule has 0 radical (unpaired) electrons. The molecular weight excluding hydrogens is 347 g/mol. The first-order valence-electron chi connectivity index (χ1n) is 8.85. The maximum Gasteiger partial charge on any atom is 0.165 e. The highest BCUT2D eigenvalue weighted by Crippen LogP contribution is 2.38. The van der Waals surface area contributed by atoms with E-state index in [9.17, 15) is 9.50 Å². The molecule has 134 valence electrons. The number of benzene rings is 2. The number of aromatic hydroxyl groups is 1. The van der Waals surface area contributed by atoms with Gasteiger partial charge >= 0.3 is 0 Å². The molecule has 0 amide bonds. The number of rotatable bonds is 3. The summed E-state index contributed by atoms with van der Waals surface area (Å²) in [7, 11) is 0. The van der Waals surface area contributed by atoms with Crippen LogP contribution in [0.1, 0.15) is 24.1 Å². The molecular formula is C21H21FN2OS. The molecule has 0 unspecified atom stereocenters. The highest BCUT2D eigenvalue weighted by molar-refractivity contribution is 7.18. The Bertz CT molecular complexity index is 920. The molecule has 0 bridgehead atoms. The van der Waals surface area contributed by atoms with E-state index in [-0.39, 0.29) is 5.75 Å². The third kappa shape index (κ3) is 3.07. The summed E-state index contributed by atoms with van der Waals surface area (Å²) in [5, 5.41) is 10.6. The van der Waals surface area contributed by atoms with E-state index in [1.54, 1.807) is 24.3 Å². The van der Waals surface area contributed by atoms with Crippen LogP contribution in [-0.4, -0.2) is 23.2 Å². The maximum absolute atomic E-state index is 13.9. The topological polar surface area (TPSA) is 36.4 Å². The quantitative estimate of drug-likeness (QED) is 0.659. The zero-order valence-electron chi connectivity index (χ0n) is 14.9. The van der Waals surface area contributed by atoms with E-state index in [4.69, 9.17) is 0 Å². The van der Waals surface area contributed by atoms with Crippen molar-refractivity contribution in [3.05, 3.63) is 53.5 Å². The smallest absolute Gasteiger partial charge is 0.165 e. The van der Waals surface area contributed by atoms with Crippen molar-refractivity contribution in [3.63, 3.8) is 0 Å². The Labute approximate surface area is 156 Å². The van der Waals surface area contributed by atoms with Crippen LogP contribution >= 0.6 is 11.3 Å². The summed E-state index contributed by atoms with van der Waals surface area (Å²) in [6.45, 7) is 5.90. The second-order valence-corrected chi connectivity index (χ2v) is 7.80. The van der Waals surface area contributed by atoms with Gasteiger partial charge in [0.15, 0.2) is 11.6 Å². The molecule has 1 fully saturated rings. The second-order valence-electron chi connectivity index (χ2n) is 6.80. The molecule has 0 spiro atoms. The Kier molecular flexibility index (Phi) is 4.41. The van der Waals surface area contributed by atoms with Crippen molar-refractivity contribution in [3.8, 4) is 26.8 Å². The summed E-state index contributed by atoms with van der Waals surface area (Å²) in [6, 6.07) is 11.7. The average Bonchev–Trinajstić information content (AvgIpc) is 3.29. The van der Waals surface area contributed by atoms with Gasteiger partial charge in [-0.2, -0.15) is 0 Å². The van der Waals surface area contributed by atoms with Crippen LogP contribution in [0.4, 0.5) is 10.1 Å². The maximum atomic E-state index is 13.9. The zero-order valence-corrected chi connectivity index (χ0v) is 15.7. The van der Waals surface area contributed by atoms with E-state index in [0.29, 0.717) is 5.56 Å². The summed E-state index contributed by atoms with van der Waals surface area (Å²) < 4.78 is 13.9. The third-order valence-corrected chi connectivity index (χ3v) is 6.15. The number of hydrogen-bond donors (Lipinski definition) is 1. The zero-order chi connectivity index (χ0) is 18.3. The molecule has 1 aromatic heterocycles. The van der Waals surface area contributed by atoms with Gasteiger partial charge in [-0.1, -0.05) is 0 Å². The normalized spacial score (nSPS) is 14.2. The predicted octanol–water partition coefficient (Wildman–Crippen LogP) is 5.54. The third-order valence-electron chi connectivity index (χ3n) is 4.90. The van der Waals surface area contributed by atoms with Crippen molar-refractivity contribution in [1.29, 1.82) is 0 Å². The van der Waals surface area contributed by atoms with Crippen molar-refractivity contribution in [2.45, 2.75) is 26.7 Å². The predicted molar refractivity (Wildman–Crippen MR) is 106 cm³/mol. The summed E-state index contributed by atoms with van der Waals surface area (Å²) in [6.07, 6.45) is 2.53. The van der Waals surface area contributed by atoms with Crippen LogP contribution in [0.2, 0.25) is 0 Å². The molecule has 0 aliphatic carbocycles. The van der Waals surface area contributed by atoms with E-state index in [1.807, 2.05) is 6.92 Å². The number of halogens is 1. The lowest BCUT2D eigenvalue weighted by molar-refractivity contribution is 0.429. The van der Waals surface area contributed by atoms with Gasteiger partial charge in [0.05, 0.1) is 10.6 Å². The first kappa shape index (κ1) is 17.0. The highest BCUT2D eigenvalue weighted by atomic mass is 32.1. The minimum absolute atomic E-state index is 0.284. The number of phenolic OH excluding ortho intramolecular Hbond substituents is 1. The Morgan fingerprint density at radius 3 is 2.38 bits per heavy atom. The lowest BCUT2D eigenvalue weighted by Crippen LogP contribution is -2.17. The summed E-state index contributed by atoms with van der Waals surface area (Å²) >= 11 is 1.55. The summed E-state index contributed by atoms with van der Waals surface area (Å²) in [5.41, 5.74) is 4.49. The standard InChI is InChI=1S/C21H21FN2OS/c1-13-11-16(12-18(22)19(13)25)20-14(2)23-21(26-20)15-5-7-17(8-6-15)24-9-3-4-10-24/h5-8,11-12,25H,3-4,9-10H2,1-2H3. The van der Waals surface area contributed by atoms with Crippen LogP contribution in [0, 0.1) is 19.7 Å². The molecule has 2 heterocycles. The van der Waals surface area contributed by atoms with Crippen LogP contribution < -0.4 is 4.90 Å². The van der Waals surface area contributed by atoms with Gasteiger partial charge in [0.25, 0.3) is 0 Å². The average molecular weight is 368 g/mol. The van der Waals surface area contributed by atoms with Crippen molar-refractivity contribution >= 4 is 17.0 Å². The fourth-order valence-electron chi connectivity index (χ4n) is 3.45. The van der Waals surface area contributed by atoms with Gasteiger partial charge < -0.3 is 10.0 Å². The van der Waals surface area contributed by atoms with Crippen LogP contribution in [0.3, 0.4) is 0 Å². The van der Waals surface area contributed by atoms with E-state index in [0.717, 1.165) is 39.8 Å². The number of aryl methyl sites for hydroxylation is 2. The van der Waals surface area contributed by atoms with Crippen molar-refractivity contribution in [1.82, 2.24) is 4.98 Å². The minimum atomic E-state index is -0.593. The number of aromatic nitrogens is 1. The molecule has 1 aliphatic rings. The van der Waals surface area contributed by atoms with Crippen LogP contribution in [0.15, 0.2) is 36.4 Å². The van der Waals surface area contributed by atoms with Crippen molar-refractivity contribution in [2.24, 2.45) is 0 Å². The lowest BCUT2D eigenvalue weighted by Gasteiger charge is -2.17. The van der Waals surface area contributed by atoms with Crippen LogP contribution in [0.25, 0.3) is 21.0 Å². The SMILES string of the molecule is Cc1cc(-c2sc(-c3ccc(N4CCCC4)cc3)nc2C)cc(F)c1O. The molecule has 3 aromatic rings. The summed E-state index contributed by atoms with van der Waals surface area (Å²) in [5.74, 6) is -0.877. The molecule has 1 saturated heterocycles. The molecule has 1 aliphatic heterocycles. The molecule has 5 heteroatoms. The molecule has 1 N–H and O–H groups in total. The molecule has 2 aromatic carbocycles.